The summed E-state index contributed by atoms with van der Waals surface area (Å²) >= 11 is 6.02. The first-order valence-corrected chi connectivity index (χ1v) is 10.3. The molecule has 29 heavy (non-hydrogen) atoms. The highest BCUT2D eigenvalue weighted by atomic mass is 35.5. The van der Waals surface area contributed by atoms with Gasteiger partial charge in [-0.2, -0.15) is 4.31 Å². The average Bonchev–Trinajstić information content (AvgIpc) is 2.73. The van der Waals surface area contributed by atoms with Gasteiger partial charge in [-0.3, -0.25) is 20.1 Å². The number of sulfonamides is 1. The lowest BCUT2D eigenvalue weighted by Gasteiger charge is -2.35. The van der Waals surface area contributed by atoms with Crippen molar-refractivity contribution in [1.29, 1.82) is 0 Å². The number of hydroxylamine groups is 1. The van der Waals surface area contributed by atoms with Crippen molar-refractivity contribution in [2.24, 2.45) is 0 Å². The van der Waals surface area contributed by atoms with Gasteiger partial charge in [0.1, 0.15) is 10.6 Å². The second kappa shape index (κ2) is 8.33. The second-order valence-corrected chi connectivity index (χ2v) is 8.54. The van der Waals surface area contributed by atoms with E-state index in [2.05, 4.69) is 0 Å². The molecule has 0 radical (unpaired) electrons. The smallest absolute Gasteiger partial charge is 0.293 e. The molecule has 0 saturated carbocycles. The summed E-state index contributed by atoms with van der Waals surface area (Å²) in [5, 5.41) is 20.3. The third-order valence-corrected chi connectivity index (χ3v) is 6.97. The number of nitro groups is 1. The molecule has 2 aromatic rings. The van der Waals surface area contributed by atoms with E-state index in [9.17, 15) is 23.3 Å². The Hall–Kier alpha value is -2.73. The van der Waals surface area contributed by atoms with E-state index in [1.807, 2.05) is 0 Å². The third kappa shape index (κ3) is 4.17. The molecule has 154 valence electrons. The number of nitrogens with one attached hydrogen (secondary N) is 1. The van der Waals surface area contributed by atoms with Gasteiger partial charge in [0.15, 0.2) is 0 Å². The van der Waals surface area contributed by atoms with Crippen molar-refractivity contribution in [3.63, 3.8) is 0 Å². The Kier molecular flexibility index (Phi) is 6.03. The first kappa shape index (κ1) is 21.0. The van der Waals surface area contributed by atoms with Crippen LogP contribution >= 0.6 is 11.6 Å². The van der Waals surface area contributed by atoms with Crippen molar-refractivity contribution < 1.29 is 23.3 Å². The minimum atomic E-state index is -3.79. The number of halogens is 1. The molecule has 10 nitrogen and oxygen atoms in total. The minimum Gasteiger partial charge on any atom is -0.363 e. The molecule has 0 atom stereocenters. The predicted molar refractivity (Wildman–Crippen MR) is 105 cm³/mol. The standard InChI is InChI=1S/C17H17ClN4O6S/c18-13-3-1-2-4-16(13)29(27,28)21-9-7-20(8-10-21)14-6-5-12(17(23)19-24)11-15(14)22(25)26/h1-6,11,24H,7-10H2,(H,19,23). The molecule has 0 spiro atoms. The van der Waals surface area contributed by atoms with E-state index in [0.29, 0.717) is 0 Å². The van der Waals surface area contributed by atoms with Crippen LogP contribution in [-0.2, 0) is 10.0 Å². The van der Waals surface area contributed by atoms with Crippen molar-refractivity contribution in [1.82, 2.24) is 9.79 Å². The van der Waals surface area contributed by atoms with Crippen molar-refractivity contribution in [2.75, 3.05) is 31.1 Å². The summed E-state index contributed by atoms with van der Waals surface area (Å²) in [4.78, 5) is 24.0. The Morgan fingerprint density at radius 3 is 2.38 bits per heavy atom. The van der Waals surface area contributed by atoms with Gasteiger partial charge in [0.2, 0.25) is 10.0 Å². The fourth-order valence-electron chi connectivity index (χ4n) is 3.11. The molecule has 0 aromatic heterocycles. The fraction of sp³-hybridized carbons (Fsp3) is 0.235. The molecule has 1 aliphatic rings. The summed E-state index contributed by atoms with van der Waals surface area (Å²) in [6.07, 6.45) is 0. The highest BCUT2D eigenvalue weighted by Gasteiger charge is 2.32. The van der Waals surface area contributed by atoms with Crippen LogP contribution in [0.2, 0.25) is 5.02 Å². The maximum atomic E-state index is 12.8. The highest BCUT2D eigenvalue weighted by molar-refractivity contribution is 7.89. The summed E-state index contributed by atoms with van der Waals surface area (Å²) in [6, 6.07) is 9.97. The number of carbonyl (C=O) groups excluding carboxylic acids is 1. The monoisotopic (exact) mass is 440 g/mol. The van der Waals surface area contributed by atoms with E-state index < -0.39 is 20.9 Å². The van der Waals surface area contributed by atoms with E-state index in [1.165, 1.54) is 34.1 Å². The van der Waals surface area contributed by atoms with Gasteiger partial charge in [-0.25, -0.2) is 13.9 Å². The summed E-state index contributed by atoms with van der Waals surface area (Å²) in [7, 11) is -3.79. The number of rotatable bonds is 5. The van der Waals surface area contributed by atoms with E-state index >= 15 is 0 Å². The number of hydrogen-bond donors (Lipinski definition) is 2. The normalized spacial score (nSPS) is 15.2. The number of benzene rings is 2. The van der Waals surface area contributed by atoms with Gasteiger partial charge < -0.3 is 4.90 Å². The Morgan fingerprint density at radius 2 is 1.79 bits per heavy atom. The Labute approximate surface area is 171 Å². The summed E-state index contributed by atoms with van der Waals surface area (Å²) in [6.45, 7) is 0.666. The molecule has 2 aromatic carbocycles. The van der Waals surface area contributed by atoms with E-state index in [1.54, 1.807) is 17.0 Å². The van der Waals surface area contributed by atoms with Crippen molar-refractivity contribution in [2.45, 2.75) is 4.90 Å². The molecule has 1 heterocycles. The molecular weight excluding hydrogens is 424 g/mol. The van der Waals surface area contributed by atoms with Crippen LogP contribution in [0, 0.1) is 10.1 Å². The van der Waals surface area contributed by atoms with Gasteiger partial charge in [0.05, 0.1) is 9.95 Å². The predicted octanol–water partition coefficient (Wildman–Crippen LogP) is 1.88. The van der Waals surface area contributed by atoms with Gasteiger partial charge in [-0.05, 0) is 24.3 Å². The molecule has 1 aliphatic heterocycles. The van der Waals surface area contributed by atoms with Crippen molar-refractivity contribution >= 4 is 38.9 Å². The topological polar surface area (TPSA) is 133 Å². The number of anilines is 1. The second-order valence-electron chi connectivity index (χ2n) is 6.22. The number of nitro benzene ring substituents is 1. The van der Waals surface area contributed by atoms with E-state index in [0.717, 1.165) is 6.07 Å². The molecule has 3 rings (SSSR count). The molecule has 1 fully saturated rings. The Bertz CT molecular complexity index is 1050. The van der Waals surface area contributed by atoms with Crippen LogP contribution in [0.5, 0.6) is 0 Å². The molecule has 2 N–H and O–H groups in total. The SMILES string of the molecule is O=C(NO)c1ccc(N2CCN(S(=O)(=O)c3ccccc3Cl)CC2)c([N+](=O)[O-])c1. The molecule has 12 heteroatoms. The first-order valence-electron chi connectivity index (χ1n) is 8.48. The zero-order chi connectivity index (χ0) is 21.2. The van der Waals surface area contributed by atoms with Crippen LogP contribution in [-0.4, -0.2) is 54.9 Å². The maximum absolute atomic E-state index is 12.8. The number of carbonyl (C=O) groups is 1. The minimum absolute atomic E-state index is 0.0143. The molecule has 1 saturated heterocycles. The number of amides is 1. The zero-order valence-corrected chi connectivity index (χ0v) is 16.6. The van der Waals surface area contributed by atoms with Gasteiger partial charge in [0.25, 0.3) is 11.6 Å². The lowest BCUT2D eigenvalue weighted by atomic mass is 10.1. The van der Waals surface area contributed by atoms with Crippen molar-refractivity contribution in [3.8, 4) is 0 Å². The summed E-state index contributed by atoms with van der Waals surface area (Å²) < 4.78 is 26.9. The van der Waals surface area contributed by atoms with Crippen molar-refractivity contribution in [3.05, 3.63) is 63.2 Å². The lowest BCUT2D eigenvalue weighted by molar-refractivity contribution is -0.384. The van der Waals surface area contributed by atoms with Gasteiger partial charge in [-0.1, -0.05) is 23.7 Å². The molecule has 0 aliphatic carbocycles. The van der Waals surface area contributed by atoms with Crippen LogP contribution in [0.15, 0.2) is 47.4 Å². The van der Waals surface area contributed by atoms with Crippen LogP contribution in [0.4, 0.5) is 11.4 Å². The highest BCUT2D eigenvalue weighted by Crippen LogP contribution is 2.31. The Morgan fingerprint density at radius 1 is 1.14 bits per heavy atom. The molecule has 0 unspecified atom stereocenters. The van der Waals surface area contributed by atoms with Crippen LogP contribution in [0.3, 0.4) is 0 Å². The molecule has 1 amide bonds. The van der Waals surface area contributed by atoms with Crippen LogP contribution < -0.4 is 10.4 Å². The molecule has 0 bridgehead atoms. The van der Waals surface area contributed by atoms with Gasteiger partial charge in [-0.15, -0.1) is 0 Å². The third-order valence-electron chi connectivity index (χ3n) is 4.57. The Balaban J connectivity index is 1.81. The number of hydrogen-bond acceptors (Lipinski definition) is 7. The zero-order valence-electron chi connectivity index (χ0n) is 15.0. The number of nitrogens with zero attached hydrogens (tertiary/aromatic N) is 3. The van der Waals surface area contributed by atoms with Crippen LogP contribution in [0.1, 0.15) is 10.4 Å². The van der Waals surface area contributed by atoms with Gasteiger partial charge in [0, 0.05) is 37.8 Å². The molecular formula is C17H17ClN4O6S. The summed E-state index contributed by atoms with van der Waals surface area (Å²) in [5.41, 5.74) is 1.31. The average molecular weight is 441 g/mol. The fourth-order valence-corrected chi connectivity index (χ4v) is 5.02. The lowest BCUT2D eigenvalue weighted by Crippen LogP contribution is -2.48. The van der Waals surface area contributed by atoms with E-state index in [4.69, 9.17) is 16.8 Å². The van der Waals surface area contributed by atoms with Gasteiger partial charge >= 0.3 is 0 Å². The summed E-state index contributed by atoms with van der Waals surface area (Å²) in [5.74, 6) is -0.865. The maximum Gasteiger partial charge on any atom is 0.293 e. The van der Waals surface area contributed by atoms with E-state index in [-0.39, 0.29) is 53.0 Å². The quantitative estimate of drug-likeness (QED) is 0.412. The first-order chi connectivity index (χ1) is 13.8. The largest absolute Gasteiger partial charge is 0.363 e. The number of piperazine rings is 1. The van der Waals surface area contributed by atoms with Crippen LogP contribution in [0.25, 0.3) is 0 Å².